The van der Waals surface area contributed by atoms with Crippen molar-refractivity contribution in [2.45, 2.75) is 18.2 Å². The molecule has 1 aromatic rings. The molecule has 1 rings (SSSR count). The van der Waals surface area contributed by atoms with Crippen molar-refractivity contribution in [1.82, 2.24) is 5.32 Å². The SMILES string of the molecule is CCCS(=O)(=O)c1ccc(NCC(=O)NCC(=O)O)cc1. The second-order valence-corrected chi connectivity index (χ2v) is 6.48. The van der Waals surface area contributed by atoms with E-state index in [4.69, 9.17) is 5.11 Å². The topological polar surface area (TPSA) is 113 Å². The summed E-state index contributed by atoms with van der Waals surface area (Å²) in [7, 11) is -3.25. The van der Waals surface area contributed by atoms with Gasteiger partial charge in [-0.2, -0.15) is 0 Å². The molecule has 0 heterocycles. The number of benzene rings is 1. The van der Waals surface area contributed by atoms with Gasteiger partial charge in [-0.3, -0.25) is 9.59 Å². The predicted molar refractivity (Wildman–Crippen MR) is 77.9 cm³/mol. The minimum absolute atomic E-state index is 0.0890. The first kappa shape index (κ1) is 17.0. The number of anilines is 1. The molecule has 0 unspecified atom stereocenters. The van der Waals surface area contributed by atoms with Crippen LogP contribution in [0.5, 0.6) is 0 Å². The first-order valence-corrected chi connectivity index (χ1v) is 8.05. The van der Waals surface area contributed by atoms with E-state index in [2.05, 4.69) is 10.6 Å². The molecule has 0 fully saturated rings. The van der Waals surface area contributed by atoms with Gasteiger partial charge in [-0.1, -0.05) is 6.92 Å². The number of carbonyl (C=O) groups excluding carboxylic acids is 1. The molecule has 8 heteroatoms. The molecule has 0 bridgehead atoms. The lowest BCUT2D eigenvalue weighted by Crippen LogP contribution is -2.33. The van der Waals surface area contributed by atoms with Crippen molar-refractivity contribution in [3.05, 3.63) is 24.3 Å². The van der Waals surface area contributed by atoms with Crippen molar-refractivity contribution in [1.29, 1.82) is 0 Å². The van der Waals surface area contributed by atoms with Gasteiger partial charge in [-0.25, -0.2) is 8.42 Å². The molecule has 0 atom stereocenters. The van der Waals surface area contributed by atoms with E-state index in [0.717, 1.165) is 0 Å². The van der Waals surface area contributed by atoms with E-state index < -0.39 is 28.3 Å². The lowest BCUT2D eigenvalue weighted by atomic mass is 10.3. The van der Waals surface area contributed by atoms with Gasteiger partial charge in [0.05, 0.1) is 17.2 Å². The summed E-state index contributed by atoms with van der Waals surface area (Å²) in [5.74, 6) is -1.48. The van der Waals surface area contributed by atoms with Crippen LogP contribution in [0.25, 0.3) is 0 Å². The third-order valence-electron chi connectivity index (χ3n) is 2.58. The fourth-order valence-electron chi connectivity index (χ4n) is 1.59. The number of hydrogen-bond acceptors (Lipinski definition) is 5. The highest BCUT2D eigenvalue weighted by atomic mass is 32.2. The van der Waals surface area contributed by atoms with Gasteiger partial charge < -0.3 is 15.7 Å². The number of amides is 1. The Morgan fingerprint density at radius 3 is 2.29 bits per heavy atom. The molecule has 7 nitrogen and oxygen atoms in total. The Hall–Kier alpha value is -2.09. The van der Waals surface area contributed by atoms with Crippen LogP contribution in [0, 0.1) is 0 Å². The van der Waals surface area contributed by atoms with Gasteiger partial charge in [0.2, 0.25) is 5.91 Å². The molecular weight excluding hydrogens is 296 g/mol. The van der Waals surface area contributed by atoms with Gasteiger partial charge in [-0.15, -0.1) is 0 Å². The summed E-state index contributed by atoms with van der Waals surface area (Å²) in [5.41, 5.74) is 0.580. The van der Waals surface area contributed by atoms with Crippen molar-refractivity contribution in [3.63, 3.8) is 0 Å². The zero-order chi connectivity index (χ0) is 15.9. The van der Waals surface area contributed by atoms with Gasteiger partial charge in [0.1, 0.15) is 6.54 Å². The molecule has 21 heavy (non-hydrogen) atoms. The Kier molecular flexibility index (Phi) is 6.16. The van der Waals surface area contributed by atoms with Gasteiger partial charge in [0.15, 0.2) is 9.84 Å². The molecule has 3 N–H and O–H groups in total. The second-order valence-electron chi connectivity index (χ2n) is 4.37. The molecule has 0 aliphatic rings. The molecular formula is C13H18N2O5S. The number of hydrogen-bond donors (Lipinski definition) is 3. The van der Waals surface area contributed by atoms with Crippen LogP contribution in [0.3, 0.4) is 0 Å². The van der Waals surface area contributed by atoms with Crippen LogP contribution in [0.15, 0.2) is 29.2 Å². The van der Waals surface area contributed by atoms with Crippen LogP contribution in [0.2, 0.25) is 0 Å². The van der Waals surface area contributed by atoms with Crippen LogP contribution >= 0.6 is 0 Å². The van der Waals surface area contributed by atoms with Crippen LogP contribution in [0.4, 0.5) is 5.69 Å². The number of aliphatic carboxylic acids is 1. The van der Waals surface area contributed by atoms with Gasteiger partial charge in [-0.05, 0) is 30.7 Å². The van der Waals surface area contributed by atoms with E-state index in [0.29, 0.717) is 12.1 Å². The van der Waals surface area contributed by atoms with Gasteiger partial charge >= 0.3 is 5.97 Å². The number of rotatable bonds is 8. The largest absolute Gasteiger partial charge is 0.480 e. The third-order valence-corrected chi connectivity index (χ3v) is 4.51. The molecule has 0 radical (unpaired) electrons. The van der Waals surface area contributed by atoms with E-state index >= 15 is 0 Å². The normalized spacial score (nSPS) is 10.9. The zero-order valence-corrected chi connectivity index (χ0v) is 12.4. The molecule has 0 spiro atoms. The lowest BCUT2D eigenvalue weighted by molar-refractivity contribution is -0.137. The van der Waals surface area contributed by atoms with E-state index in [9.17, 15) is 18.0 Å². The number of carboxylic acids is 1. The fourth-order valence-corrected chi connectivity index (χ4v) is 2.91. The van der Waals surface area contributed by atoms with E-state index in [1.165, 1.54) is 12.1 Å². The van der Waals surface area contributed by atoms with Crippen LogP contribution < -0.4 is 10.6 Å². The monoisotopic (exact) mass is 314 g/mol. The highest BCUT2D eigenvalue weighted by molar-refractivity contribution is 7.91. The summed E-state index contributed by atoms with van der Waals surface area (Å²) >= 11 is 0. The van der Waals surface area contributed by atoms with Crippen molar-refractivity contribution in [2.24, 2.45) is 0 Å². The molecule has 0 aliphatic carbocycles. The third kappa shape index (κ3) is 5.82. The maximum absolute atomic E-state index is 11.8. The van der Waals surface area contributed by atoms with Gasteiger partial charge in [0.25, 0.3) is 0 Å². The summed E-state index contributed by atoms with van der Waals surface area (Å²) in [6.07, 6.45) is 0.548. The summed E-state index contributed by atoms with van der Waals surface area (Å²) in [5, 5.41) is 13.4. The van der Waals surface area contributed by atoms with E-state index in [-0.39, 0.29) is 17.2 Å². The number of sulfone groups is 1. The highest BCUT2D eigenvalue weighted by Crippen LogP contribution is 2.15. The molecule has 1 aromatic carbocycles. The van der Waals surface area contributed by atoms with Crippen molar-refractivity contribution in [3.8, 4) is 0 Å². The van der Waals surface area contributed by atoms with Crippen LogP contribution in [-0.2, 0) is 19.4 Å². The smallest absolute Gasteiger partial charge is 0.322 e. The van der Waals surface area contributed by atoms with Crippen molar-refractivity contribution in [2.75, 3.05) is 24.2 Å². The van der Waals surface area contributed by atoms with E-state index in [1.54, 1.807) is 19.1 Å². The Morgan fingerprint density at radius 2 is 1.76 bits per heavy atom. The minimum atomic E-state index is -3.25. The zero-order valence-electron chi connectivity index (χ0n) is 11.6. The minimum Gasteiger partial charge on any atom is -0.480 e. The summed E-state index contributed by atoms with van der Waals surface area (Å²) < 4.78 is 23.6. The maximum atomic E-state index is 11.8. The molecule has 0 aromatic heterocycles. The number of carboxylic acid groups (broad SMARTS) is 1. The molecule has 1 amide bonds. The number of carbonyl (C=O) groups is 2. The molecule has 0 saturated carbocycles. The lowest BCUT2D eigenvalue weighted by Gasteiger charge is -2.08. The van der Waals surface area contributed by atoms with Crippen molar-refractivity contribution < 1.29 is 23.1 Å². The summed E-state index contributed by atoms with van der Waals surface area (Å²) in [6.45, 7) is 1.27. The Labute approximate surface area is 123 Å². The first-order chi connectivity index (χ1) is 9.85. The van der Waals surface area contributed by atoms with Crippen molar-refractivity contribution >= 4 is 27.4 Å². The number of nitrogens with one attached hydrogen (secondary N) is 2. The average molecular weight is 314 g/mol. The predicted octanol–water partition coefficient (Wildman–Crippen LogP) is 0.483. The quantitative estimate of drug-likeness (QED) is 0.643. The Balaban J connectivity index is 2.55. The molecule has 116 valence electrons. The maximum Gasteiger partial charge on any atom is 0.322 e. The average Bonchev–Trinajstić information content (AvgIpc) is 2.43. The molecule has 0 saturated heterocycles. The molecule has 0 aliphatic heterocycles. The highest BCUT2D eigenvalue weighted by Gasteiger charge is 2.12. The Bertz CT molecular complexity index is 595. The summed E-state index contributed by atoms with van der Waals surface area (Å²) in [4.78, 5) is 21.8. The first-order valence-electron chi connectivity index (χ1n) is 6.40. The van der Waals surface area contributed by atoms with Crippen LogP contribution in [0.1, 0.15) is 13.3 Å². The van der Waals surface area contributed by atoms with Gasteiger partial charge in [0, 0.05) is 5.69 Å². The summed E-state index contributed by atoms with van der Waals surface area (Å²) in [6, 6.07) is 6.07. The van der Waals surface area contributed by atoms with Crippen LogP contribution in [-0.4, -0.2) is 44.2 Å². The van der Waals surface area contributed by atoms with E-state index in [1.807, 2.05) is 0 Å². The Morgan fingerprint density at radius 1 is 1.14 bits per heavy atom. The second kappa shape index (κ2) is 7.63. The fraction of sp³-hybridized carbons (Fsp3) is 0.385. The standard InChI is InChI=1S/C13H18N2O5S/c1-2-7-21(19,20)11-5-3-10(4-6-11)14-8-12(16)15-9-13(17)18/h3-6,14H,2,7-9H2,1H3,(H,15,16)(H,17,18).